The number of amides is 3. The summed E-state index contributed by atoms with van der Waals surface area (Å²) in [5, 5.41) is 14.7. The third-order valence-electron chi connectivity index (χ3n) is 10.3. The third-order valence-corrected chi connectivity index (χ3v) is 11.1. The summed E-state index contributed by atoms with van der Waals surface area (Å²) in [6.07, 6.45) is 2.79. The van der Waals surface area contributed by atoms with Gasteiger partial charge in [-0.3, -0.25) is 19.0 Å². The van der Waals surface area contributed by atoms with Gasteiger partial charge >= 0.3 is 6.09 Å². The second-order valence-corrected chi connectivity index (χ2v) is 16.5. The van der Waals surface area contributed by atoms with E-state index in [4.69, 9.17) is 42.8 Å². The number of nitrogens with one attached hydrogen (secondary N) is 3. The fourth-order valence-corrected chi connectivity index (χ4v) is 7.97. The highest BCUT2D eigenvalue weighted by Gasteiger charge is 2.30. The lowest BCUT2D eigenvalue weighted by Crippen LogP contribution is -2.43. The number of fused-ring (bicyclic) bond motifs is 1. The van der Waals surface area contributed by atoms with Crippen LogP contribution in [0.15, 0.2) is 65.6 Å². The van der Waals surface area contributed by atoms with E-state index >= 15 is 0 Å². The molecule has 58 heavy (non-hydrogen) atoms. The molecule has 5 heterocycles. The maximum absolute atomic E-state index is 13.4. The van der Waals surface area contributed by atoms with Crippen LogP contribution in [0.1, 0.15) is 51.4 Å². The molecule has 0 spiro atoms. The van der Waals surface area contributed by atoms with Crippen molar-refractivity contribution < 1.29 is 23.9 Å². The van der Waals surface area contributed by atoms with E-state index < -0.39 is 11.7 Å². The highest BCUT2D eigenvalue weighted by atomic mass is 35.5. The van der Waals surface area contributed by atoms with Crippen molar-refractivity contribution in [3.63, 3.8) is 0 Å². The van der Waals surface area contributed by atoms with Crippen LogP contribution in [0.4, 0.5) is 4.79 Å². The fraction of sp³-hybridized carbons (Fsp3) is 0.381. The van der Waals surface area contributed by atoms with E-state index in [2.05, 4.69) is 16.0 Å². The number of ether oxygens (including phenoxy) is 2. The summed E-state index contributed by atoms with van der Waals surface area (Å²) in [5.74, 6) is 1.07. The van der Waals surface area contributed by atoms with E-state index in [1.165, 1.54) is 11.7 Å². The van der Waals surface area contributed by atoms with Crippen molar-refractivity contribution in [3.05, 3.63) is 92.6 Å². The largest absolute Gasteiger partial charge is 0.481 e. The number of benzene rings is 2. The van der Waals surface area contributed by atoms with Crippen LogP contribution >= 0.6 is 23.2 Å². The summed E-state index contributed by atoms with van der Waals surface area (Å²) in [6, 6.07) is 16.5. The first-order valence-electron chi connectivity index (χ1n) is 19.1. The number of pyridine rings is 1. The number of methoxy groups -OCH3 is 1. The highest BCUT2D eigenvalue weighted by Crippen LogP contribution is 2.42. The number of aromatic nitrogens is 4. The van der Waals surface area contributed by atoms with Gasteiger partial charge in [-0.2, -0.15) is 5.10 Å². The van der Waals surface area contributed by atoms with Crippen molar-refractivity contribution in [2.45, 2.75) is 64.8 Å². The van der Waals surface area contributed by atoms with Crippen LogP contribution in [0.3, 0.4) is 0 Å². The Hall–Kier alpha value is -5.44. The van der Waals surface area contributed by atoms with Gasteiger partial charge in [-0.25, -0.2) is 14.3 Å². The number of nitrogens with zero attached hydrogens (tertiary/aromatic N) is 5. The smallest absolute Gasteiger partial charge is 0.410 e. The minimum Gasteiger partial charge on any atom is -0.481 e. The molecule has 2 atom stereocenters. The van der Waals surface area contributed by atoms with Gasteiger partial charge < -0.3 is 30.3 Å². The molecule has 2 saturated heterocycles. The summed E-state index contributed by atoms with van der Waals surface area (Å²) in [4.78, 5) is 56.6. The first kappa shape index (κ1) is 40.7. The Kier molecular flexibility index (Phi) is 11.8. The van der Waals surface area contributed by atoms with Crippen molar-refractivity contribution in [1.29, 1.82) is 0 Å². The molecule has 0 saturated carbocycles. The average Bonchev–Trinajstić information content (AvgIpc) is 3.92. The predicted molar refractivity (Wildman–Crippen MR) is 222 cm³/mol. The maximum atomic E-state index is 13.4. The molecule has 3 amide bonds. The molecule has 0 unspecified atom stereocenters. The Morgan fingerprint density at radius 3 is 2.36 bits per heavy atom. The highest BCUT2D eigenvalue weighted by molar-refractivity contribution is 6.39. The average molecular weight is 830 g/mol. The molecule has 7 rings (SSSR count). The Balaban J connectivity index is 1.14. The molecule has 3 N–H and O–H groups in total. The molecule has 0 bridgehead atoms. The first-order chi connectivity index (χ1) is 27.7. The van der Waals surface area contributed by atoms with Gasteiger partial charge in [0.1, 0.15) is 16.9 Å². The minimum atomic E-state index is -0.712. The van der Waals surface area contributed by atoms with Crippen molar-refractivity contribution in [2.75, 3.05) is 26.7 Å². The van der Waals surface area contributed by atoms with Crippen LogP contribution < -0.4 is 26.2 Å². The lowest BCUT2D eigenvalue weighted by molar-refractivity contribution is -0.120. The van der Waals surface area contributed by atoms with Gasteiger partial charge in [0.2, 0.25) is 17.7 Å². The summed E-state index contributed by atoms with van der Waals surface area (Å²) in [6.45, 7) is 7.45. The summed E-state index contributed by atoms with van der Waals surface area (Å²) in [7, 11) is 3.21. The molecule has 16 heteroatoms. The molecule has 0 radical (unpaired) electrons. The van der Waals surface area contributed by atoms with Gasteiger partial charge in [0.05, 0.1) is 35.9 Å². The summed E-state index contributed by atoms with van der Waals surface area (Å²) >= 11 is 14.3. The molecular weight excluding hydrogens is 783 g/mol. The van der Waals surface area contributed by atoms with Gasteiger partial charge in [0.15, 0.2) is 0 Å². The number of carbonyl (C=O) groups excluding carboxylic acids is 3. The predicted octanol–water partition coefficient (Wildman–Crippen LogP) is 5.99. The molecule has 304 valence electrons. The quantitative estimate of drug-likeness (QED) is 0.137. The number of carbonyl (C=O) groups is 3. The monoisotopic (exact) mass is 828 g/mol. The van der Waals surface area contributed by atoms with Crippen LogP contribution in [-0.2, 0) is 34.5 Å². The van der Waals surface area contributed by atoms with Gasteiger partial charge in [-0.1, -0.05) is 59.6 Å². The SMILES string of the molecule is COc1nc(-c2cccc(-c3cccc(-c4cc5c(=O)n(C)c(CNC[C@H]6CNC(=O)C6)nn5c4)c3Cl)c2Cl)ccc1CN(C[C@@H]1CCC(=O)N1)C(=O)OC(C)(C)C. The second-order valence-electron chi connectivity index (χ2n) is 15.7. The van der Waals surface area contributed by atoms with E-state index in [9.17, 15) is 19.2 Å². The van der Waals surface area contributed by atoms with Gasteiger partial charge in [0, 0.05) is 85.1 Å². The second kappa shape index (κ2) is 16.8. The minimum absolute atomic E-state index is 0.0416. The topological polar surface area (TPSA) is 161 Å². The van der Waals surface area contributed by atoms with Gasteiger partial charge in [-0.05, 0) is 51.3 Å². The molecular formula is C42H46Cl2N8O6. The maximum Gasteiger partial charge on any atom is 0.410 e. The standard InChI is InChI=1S/C42H46Cl2N8O6/c1-42(2,3)58-41(56)51(23-27-13-15-35(53)47-27)21-25-12-14-32(48-39(25)57-5)31-11-7-10-30(38(31)44)29-9-6-8-28(37(29)43)26-17-33-40(55)50(4)34(49-52(33)22-26)20-45-18-24-16-36(54)46-19-24/h6-12,14,17,22,24,27,45H,13,15-16,18-21,23H2,1-5H3,(H,46,54)(H,47,53)/t24-,27-/m0/s1. The molecule has 0 aliphatic carbocycles. The van der Waals surface area contributed by atoms with Crippen molar-refractivity contribution in [1.82, 2.24) is 40.0 Å². The van der Waals surface area contributed by atoms with E-state index in [0.717, 1.165) is 0 Å². The summed E-state index contributed by atoms with van der Waals surface area (Å²) in [5.41, 5.74) is 4.09. The van der Waals surface area contributed by atoms with Crippen molar-refractivity contribution in [3.8, 4) is 39.4 Å². The van der Waals surface area contributed by atoms with Crippen LogP contribution in [0.5, 0.6) is 5.88 Å². The zero-order valence-electron chi connectivity index (χ0n) is 33.0. The zero-order chi connectivity index (χ0) is 41.3. The van der Waals surface area contributed by atoms with Crippen LogP contribution in [0, 0.1) is 5.92 Å². The normalized spacial score (nSPS) is 16.7. The fourth-order valence-electron chi connectivity index (χ4n) is 7.31. The Bertz CT molecular complexity index is 2460. The summed E-state index contributed by atoms with van der Waals surface area (Å²) < 4.78 is 14.5. The van der Waals surface area contributed by atoms with E-state index in [-0.39, 0.29) is 42.4 Å². The third kappa shape index (κ3) is 8.83. The van der Waals surface area contributed by atoms with Crippen molar-refractivity contribution >= 4 is 46.6 Å². The number of rotatable bonds is 12. The van der Waals surface area contributed by atoms with E-state index in [1.54, 1.807) is 49.5 Å². The van der Waals surface area contributed by atoms with Crippen LogP contribution in [-0.4, -0.2) is 80.4 Å². The Morgan fingerprint density at radius 1 is 1.00 bits per heavy atom. The number of hydrogen-bond donors (Lipinski definition) is 3. The van der Waals surface area contributed by atoms with E-state index in [0.29, 0.717) is 105 Å². The molecule has 3 aromatic heterocycles. The molecule has 2 aromatic carbocycles. The van der Waals surface area contributed by atoms with Crippen LogP contribution in [0.25, 0.3) is 39.0 Å². The van der Waals surface area contributed by atoms with Crippen molar-refractivity contribution in [2.24, 2.45) is 13.0 Å². The first-order valence-corrected chi connectivity index (χ1v) is 19.9. The van der Waals surface area contributed by atoms with Gasteiger partial charge in [-0.15, -0.1) is 0 Å². The molecule has 2 fully saturated rings. The molecule has 14 nitrogen and oxygen atoms in total. The van der Waals surface area contributed by atoms with Gasteiger partial charge in [0.25, 0.3) is 5.56 Å². The zero-order valence-corrected chi connectivity index (χ0v) is 34.5. The molecule has 2 aliphatic heterocycles. The number of hydrogen-bond acceptors (Lipinski definition) is 9. The lowest BCUT2D eigenvalue weighted by Gasteiger charge is -2.29. The van der Waals surface area contributed by atoms with Crippen LogP contribution in [0.2, 0.25) is 10.0 Å². The lowest BCUT2D eigenvalue weighted by atomic mass is 9.97. The molecule has 5 aromatic rings. The molecule has 2 aliphatic rings. The Labute approximate surface area is 345 Å². The Morgan fingerprint density at radius 2 is 1.71 bits per heavy atom. The number of halogens is 2. The van der Waals surface area contributed by atoms with E-state index in [1.807, 2.05) is 48.5 Å².